The van der Waals surface area contributed by atoms with Crippen LogP contribution in [0.1, 0.15) is 42.7 Å². The molecular weight excluding hydrogens is 240 g/mol. The van der Waals surface area contributed by atoms with E-state index >= 15 is 0 Å². The van der Waals surface area contributed by atoms with E-state index in [9.17, 15) is 0 Å². The average Bonchev–Trinajstić information content (AvgIpc) is 2.88. The van der Waals surface area contributed by atoms with Gasteiger partial charge in [-0.05, 0) is 75.2 Å². The first kappa shape index (κ1) is 12.6. The normalized spacial score (nSPS) is 29.2. The smallest absolute Gasteiger partial charge is 0.0331 e. The third-order valence-electron chi connectivity index (χ3n) is 4.63. The number of nitrogens with one attached hydrogen (secondary N) is 1. The van der Waals surface area contributed by atoms with Crippen molar-refractivity contribution in [2.75, 3.05) is 26.2 Å². The monoisotopic (exact) mass is 264 g/mol. The van der Waals surface area contributed by atoms with Crippen molar-refractivity contribution >= 4 is 11.3 Å². The number of fused-ring (bicyclic) bond motifs is 1. The van der Waals surface area contributed by atoms with Crippen molar-refractivity contribution in [1.29, 1.82) is 0 Å². The van der Waals surface area contributed by atoms with Crippen LogP contribution in [-0.2, 0) is 6.42 Å². The minimum atomic E-state index is 0.636. The number of hydrogen-bond acceptors (Lipinski definition) is 3. The molecular formula is C15H24N2S. The molecule has 3 rings (SSSR count). The summed E-state index contributed by atoms with van der Waals surface area (Å²) >= 11 is 1.94. The van der Waals surface area contributed by atoms with Crippen molar-refractivity contribution in [3.8, 4) is 0 Å². The van der Waals surface area contributed by atoms with E-state index < -0.39 is 0 Å². The van der Waals surface area contributed by atoms with Crippen molar-refractivity contribution in [3.63, 3.8) is 0 Å². The van der Waals surface area contributed by atoms with Crippen molar-refractivity contribution < 1.29 is 0 Å². The Morgan fingerprint density at radius 1 is 1.50 bits per heavy atom. The fourth-order valence-corrected chi connectivity index (χ4v) is 4.35. The Labute approximate surface area is 114 Å². The van der Waals surface area contributed by atoms with Crippen LogP contribution in [0, 0.1) is 5.92 Å². The lowest BCUT2D eigenvalue weighted by molar-refractivity contribution is 0.179. The summed E-state index contributed by atoms with van der Waals surface area (Å²) < 4.78 is 0. The van der Waals surface area contributed by atoms with Gasteiger partial charge >= 0.3 is 0 Å². The van der Waals surface area contributed by atoms with Gasteiger partial charge in [-0.15, -0.1) is 11.3 Å². The van der Waals surface area contributed by atoms with Crippen LogP contribution in [0.15, 0.2) is 11.4 Å². The molecule has 2 aliphatic rings. The van der Waals surface area contributed by atoms with Crippen LogP contribution in [-0.4, -0.2) is 31.1 Å². The summed E-state index contributed by atoms with van der Waals surface area (Å²) in [6.07, 6.45) is 5.44. The molecule has 0 saturated carbocycles. The molecule has 2 atom stereocenters. The molecule has 3 heteroatoms. The third kappa shape index (κ3) is 2.63. The summed E-state index contributed by atoms with van der Waals surface area (Å²) in [5, 5.41) is 5.79. The standard InChI is InChI=1S/C15H24N2S/c1-12-14-6-10-18-15(14)5-9-17(12)8-4-13-3-2-7-16-11-13/h6,10,12-13,16H,2-5,7-9,11H2,1H3. The van der Waals surface area contributed by atoms with Crippen LogP contribution in [0.4, 0.5) is 0 Å². The maximum Gasteiger partial charge on any atom is 0.0331 e. The zero-order valence-corrected chi connectivity index (χ0v) is 12.1. The number of piperidine rings is 1. The topological polar surface area (TPSA) is 15.3 Å². The van der Waals surface area contributed by atoms with Crippen molar-refractivity contribution in [2.45, 2.75) is 38.6 Å². The summed E-state index contributed by atoms with van der Waals surface area (Å²) in [5.41, 5.74) is 1.59. The van der Waals surface area contributed by atoms with Gasteiger partial charge in [0.15, 0.2) is 0 Å². The lowest BCUT2D eigenvalue weighted by Crippen LogP contribution is -2.37. The maximum absolute atomic E-state index is 3.53. The first-order valence-corrected chi connectivity index (χ1v) is 8.23. The molecule has 1 aromatic rings. The van der Waals surface area contributed by atoms with Crippen LogP contribution >= 0.6 is 11.3 Å². The summed E-state index contributed by atoms with van der Waals surface area (Å²) in [4.78, 5) is 4.31. The van der Waals surface area contributed by atoms with Gasteiger partial charge in [0.1, 0.15) is 0 Å². The third-order valence-corrected chi connectivity index (χ3v) is 5.62. The first-order chi connectivity index (χ1) is 8.84. The fourth-order valence-electron chi connectivity index (χ4n) is 3.39. The van der Waals surface area contributed by atoms with Crippen LogP contribution in [0.2, 0.25) is 0 Å². The average molecular weight is 264 g/mol. The molecule has 0 aromatic carbocycles. The molecule has 18 heavy (non-hydrogen) atoms. The van der Waals surface area contributed by atoms with Gasteiger partial charge in [0, 0.05) is 17.5 Å². The van der Waals surface area contributed by atoms with Gasteiger partial charge < -0.3 is 5.32 Å². The summed E-state index contributed by atoms with van der Waals surface area (Å²) in [5.74, 6) is 0.912. The minimum Gasteiger partial charge on any atom is -0.316 e. The zero-order chi connectivity index (χ0) is 12.4. The van der Waals surface area contributed by atoms with E-state index in [4.69, 9.17) is 0 Å². The lowest BCUT2D eigenvalue weighted by Gasteiger charge is -2.35. The Balaban J connectivity index is 1.54. The van der Waals surface area contributed by atoms with E-state index in [0.29, 0.717) is 6.04 Å². The Hall–Kier alpha value is -0.380. The summed E-state index contributed by atoms with van der Waals surface area (Å²) in [7, 11) is 0. The zero-order valence-electron chi connectivity index (χ0n) is 11.3. The predicted octanol–water partition coefficient (Wildman–Crippen LogP) is 3.06. The highest BCUT2D eigenvalue weighted by molar-refractivity contribution is 7.10. The van der Waals surface area contributed by atoms with Gasteiger partial charge in [0.05, 0.1) is 0 Å². The maximum atomic E-state index is 3.53. The number of thiophene rings is 1. The van der Waals surface area contributed by atoms with Gasteiger partial charge in [-0.1, -0.05) is 0 Å². The van der Waals surface area contributed by atoms with E-state index in [1.807, 2.05) is 11.3 Å². The second kappa shape index (κ2) is 5.72. The minimum absolute atomic E-state index is 0.636. The van der Waals surface area contributed by atoms with Crippen LogP contribution < -0.4 is 5.32 Å². The van der Waals surface area contributed by atoms with E-state index in [1.54, 1.807) is 10.4 Å². The SMILES string of the molecule is CC1c2ccsc2CCN1CCC1CCCNC1. The van der Waals surface area contributed by atoms with Crippen LogP contribution in [0.3, 0.4) is 0 Å². The summed E-state index contributed by atoms with van der Waals surface area (Å²) in [6.45, 7) is 7.39. The van der Waals surface area contributed by atoms with Gasteiger partial charge in [-0.3, -0.25) is 4.90 Å². The quantitative estimate of drug-likeness (QED) is 0.902. The highest BCUT2D eigenvalue weighted by Crippen LogP contribution is 2.33. The first-order valence-electron chi connectivity index (χ1n) is 7.35. The number of nitrogens with zero attached hydrogens (tertiary/aromatic N) is 1. The Morgan fingerprint density at radius 3 is 3.28 bits per heavy atom. The van der Waals surface area contributed by atoms with Crippen molar-refractivity contribution in [2.24, 2.45) is 5.92 Å². The fraction of sp³-hybridized carbons (Fsp3) is 0.733. The van der Waals surface area contributed by atoms with E-state index in [0.717, 1.165) is 5.92 Å². The van der Waals surface area contributed by atoms with Gasteiger partial charge in [0.25, 0.3) is 0 Å². The molecule has 0 spiro atoms. The van der Waals surface area contributed by atoms with E-state index in [1.165, 1.54) is 51.9 Å². The Morgan fingerprint density at radius 2 is 2.44 bits per heavy atom. The molecule has 0 amide bonds. The second-order valence-electron chi connectivity index (χ2n) is 5.76. The van der Waals surface area contributed by atoms with Gasteiger partial charge in [-0.25, -0.2) is 0 Å². The highest BCUT2D eigenvalue weighted by Gasteiger charge is 2.25. The van der Waals surface area contributed by atoms with Crippen molar-refractivity contribution in [1.82, 2.24) is 10.2 Å². The largest absolute Gasteiger partial charge is 0.316 e. The molecule has 1 N–H and O–H groups in total. The molecule has 1 fully saturated rings. The molecule has 2 unspecified atom stereocenters. The van der Waals surface area contributed by atoms with Crippen LogP contribution in [0.25, 0.3) is 0 Å². The molecule has 0 radical (unpaired) electrons. The Bertz CT molecular complexity index is 382. The van der Waals surface area contributed by atoms with E-state index in [-0.39, 0.29) is 0 Å². The highest BCUT2D eigenvalue weighted by atomic mass is 32.1. The van der Waals surface area contributed by atoms with Crippen LogP contribution in [0.5, 0.6) is 0 Å². The van der Waals surface area contributed by atoms with Gasteiger partial charge in [0.2, 0.25) is 0 Å². The molecule has 3 heterocycles. The Kier molecular flexibility index (Phi) is 4.02. The summed E-state index contributed by atoms with van der Waals surface area (Å²) in [6, 6.07) is 2.97. The molecule has 1 aromatic heterocycles. The van der Waals surface area contributed by atoms with Gasteiger partial charge in [-0.2, -0.15) is 0 Å². The molecule has 2 nitrogen and oxygen atoms in total. The lowest BCUT2D eigenvalue weighted by atomic mass is 9.94. The molecule has 0 aliphatic carbocycles. The predicted molar refractivity (Wildman–Crippen MR) is 78.2 cm³/mol. The molecule has 1 saturated heterocycles. The number of hydrogen-bond donors (Lipinski definition) is 1. The molecule has 2 aliphatic heterocycles. The second-order valence-corrected chi connectivity index (χ2v) is 6.76. The number of rotatable bonds is 3. The molecule has 100 valence electrons. The van der Waals surface area contributed by atoms with E-state index in [2.05, 4.69) is 28.6 Å². The van der Waals surface area contributed by atoms with Crippen molar-refractivity contribution in [3.05, 3.63) is 21.9 Å². The molecule has 0 bridgehead atoms.